The summed E-state index contributed by atoms with van der Waals surface area (Å²) in [6, 6.07) is 15.5. The highest BCUT2D eigenvalue weighted by Gasteiger charge is 2.08. The molecule has 1 amide bonds. The fraction of sp³-hybridized carbons (Fsp3) is 0.211. The molecule has 2 aromatic carbocycles. The zero-order chi connectivity index (χ0) is 18.1. The highest BCUT2D eigenvalue weighted by atomic mass is 16.6. The predicted octanol–water partition coefficient (Wildman–Crippen LogP) is 2.59. The van der Waals surface area contributed by atoms with Crippen molar-refractivity contribution in [1.29, 1.82) is 0 Å². The van der Waals surface area contributed by atoms with E-state index < -0.39 is 11.9 Å². The number of benzene rings is 2. The van der Waals surface area contributed by atoms with Crippen LogP contribution in [0.3, 0.4) is 0 Å². The molecule has 0 aliphatic heterocycles. The Morgan fingerprint density at radius 3 is 2.16 bits per heavy atom. The molecule has 6 nitrogen and oxygen atoms in total. The third-order valence-electron chi connectivity index (χ3n) is 3.21. The number of anilines is 1. The van der Waals surface area contributed by atoms with Crippen LogP contribution in [0.2, 0.25) is 0 Å². The molecule has 25 heavy (non-hydrogen) atoms. The lowest BCUT2D eigenvalue weighted by atomic mass is 10.1. The fourth-order valence-electron chi connectivity index (χ4n) is 2.07. The Kier molecular flexibility index (Phi) is 6.71. The van der Waals surface area contributed by atoms with Gasteiger partial charge in [-0.25, -0.2) is 4.79 Å². The molecule has 2 aromatic rings. The van der Waals surface area contributed by atoms with Gasteiger partial charge in [0.2, 0.25) is 5.91 Å². The van der Waals surface area contributed by atoms with Gasteiger partial charge in [-0.3, -0.25) is 9.59 Å². The molecule has 0 aromatic heterocycles. The zero-order valence-electron chi connectivity index (χ0n) is 13.9. The van der Waals surface area contributed by atoms with Gasteiger partial charge in [-0.05, 0) is 29.8 Å². The Morgan fingerprint density at radius 2 is 1.52 bits per heavy atom. The molecule has 0 saturated heterocycles. The minimum atomic E-state index is -0.454. The molecule has 6 heteroatoms. The molecule has 0 aliphatic rings. The topological polar surface area (TPSA) is 81.7 Å². The van der Waals surface area contributed by atoms with Crippen molar-refractivity contribution in [2.75, 3.05) is 18.5 Å². The van der Waals surface area contributed by atoms with Crippen molar-refractivity contribution in [2.45, 2.75) is 13.3 Å². The van der Waals surface area contributed by atoms with Crippen LogP contribution >= 0.6 is 0 Å². The number of nitrogens with one attached hydrogen (secondary N) is 1. The molecule has 0 unspecified atom stereocenters. The van der Waals surface area contributed by atoms with Crippen LogP contribution in [0.25, 0.3) is 0 Å². The van der Waals surface area contributed by atoms with Crippen LogP contribution in [-0.4, -0.2) is 31.1 Å². The van der Waals surface area contributed by atoms with E-state index in [2.05, 4.69) is 5.32 Å². The lowest BCUT2D eigenvalue weighted by Gasteiger charge is -2.07. The first-order valence-corrected chi connectivity index (χ1v) is 7.79. The Hall–Kier alpha value is -3.15. The van der Waals surface area contributed by atoms with Crippen molar-refractivity contribution < 1.29 is 23.9 Å². The van der Waals surface area contributed by atoms with E-state index in [-0.39, 0.29) is 25.5 Å². The quantitative estimate of drug-likeness (QED) is 0.618. The van der Waals surface area contributed by atoms with Crippen molar-refractivity contribution >= 4 is 23.5 Å². The van der Waals surface area contributed by atoms with Crippen molar-refractivity contribution in [2.24, 2.45) is 0 Å². The Balaban J connectivity index is 1.68. The minimum absolute atomic E-state index is 0.000930. The molecule has 0 bridgehead atoms. The molecular formula is C19H19NO5. The SMILES string of the molecule is CC(=O)Nc1ccc(CC(=O)OCCOC(=O)c2ccccc2)cc1. The van der Waals surface area contributed by atoms with Crippen molar-refractivity contribution in [3.05, 3.63) is 65.7 Å². The molecule has 130 valence electrons. The van der Waals surface area contributed by atoms with Crippen molar-refractivity contribution in [1.82, 2.24) is 0 Å². The molecule has 1 N–H and O–H groups in total. The maximum absolute atomic E-state index is 11.8. The number of carbonyl (C=O) groups is 3. The van der Waals surface area contributed by atoms with Crippen molar-refractivity contribution in [3.63, 3.8) is 0 Å². The summed E-state index contributed by atoms with van der Waals surface area (Å²) in [6.45, 7) is 1.43. The smallest absolute Gasteiger partial charge is 0.338 e. The maximum Gasteiger partial charge on any atom is 0.338 e. The van der Waals surface area contributed by atoms with Crippen LogP contribution in [0, 0.1) is 0 Å². The normalized spacial score (nSPS) is 9.96. The summed E-state index contributed by atoms with van der Waals surface area (Å²) in [4.78, 5) is 34.4. The van der Waals surface area contributed by atoms with Crippen LogP contribution in [0.5, 0.6) is 0 Å². The summed E-state index contributed by atoms with van der Waals surface area (Å²) >= 11 is 0. The van der Waals surface area contributed by atoms with E-state index in [0.29, 0.717) is 11.3 Å². The van der Waals surface area contributed by atoms with Gasteiger partial charge in [0.15, 0.2) is 0 Å². The molecule has 0 fully saturated rings. The van der Waals surface area contributed by atoms with E-state index in [1.54, 1.807) is 54.6 Å². The van der Waals surface area contributed by atoms with E-state index in [1.807, 2.05) is 0 Å². The first kappa shape index (κ1) is 18.2. The van der Waals surface area contributed by atoms with Crippen LogP contribution in [0.15, 0.2) is 54.6 Å². The average Bonchev–Trinajstić information content (AvgIpc) is 2.60. The fourth-order valence-corrected chi connectivity index (χ4v) is 2.07. The Bertz CT molecular complexity index is 725. The highest BCUT2D eigenvalue weighted by molar-refractivity contribution is 5.89. The number of esters is 2. The van der Waals surface area contributed by atoms with Gasteiger partial charge in [0.05, 0.1) is 12.0 Å². The minimum Gasteiger partial charge on any atom is -0.462 e. The van der Waals surface area contributed by atoms with Gasteiger partial charge in [0.1, 0.15) is 13.2 Å². The Morgan fingerprint density at radius 1 is 0.880 bits per heavy atom. The third-order valence-corrected chi connectivity index (χ3v) is 3.21. The van der Waals surface area contributed by atoms with E-state index in [0.717, 1.165) is 5.56 Å². The summed E-state index contributed by atoms with van der Waals surface area (Å²) in [6.07, 6.45) is 0.104. The second-order valence-electron chi connectivity index (χ2n) is 5.28. The van der Waals surface area contributed by atoms with Gasteiger partial charge >= 0.3 is 11.9 Å². The molecule has 0 saturated carbocycles. The number of ether oxygens (including phenoxy) is 2. The van der Waals surface area contributed by atoms with Crippen LogP contribution in [0.4, 0.5) is 5.69 Å². The van der Waals surface area contributed by atoms with Crippen molar-refractivity contribution in [3.8, 4) is 0 Å². The van der Waals surface area contributed by atoms with Gasteiger partial charge < -0.3 is 14.8 Å². The van der Waals surface area contributed by atoms with Crippen LogP contribution in [0.1, 0.15) is 22.8 Å². The largest absolute Gasteiger partial charge is 0.462 e. The monoisotopic (exact) mass is 341 g/mol. The summed E-state index contributed by atoms with van der Waals surface area (Å²) in [5, 5.41) is 2.65. The lowest BCUT2D eigenvalue weighted by Crippen LogP contribution is -2.15. The number of rotatable bonds is 7. The number of amides is 1. The summed E-state index contributed by atoms with van der Waals surface area (Å²) in [5.74, 6) is -1.02. The summed E-state index contributed by atoms with van der Waals surface area (Å²) in [5.41, 5.74) is 1.88. The maximum atomic E-state index is 11.8. The zero-order valence-corrected chi connectivity index (χ0v) is 13.9. The Labute approximate surface area is 145 Å². The van der Waals surface area contributed by atoms with Gasteiger partial charge in [-0.15, -0.1) is 0 Å². The van der Waals surface area contributed by atoms with Gasteiger partial charge in [0.25, 0.3) is 0 Å². The molecule has 0 atom stereocenters. The van der Waals surface area contributed by atoms with Gasteiger partial charge in [-0.2, -0.15) is 0 Å². The molecule has 0 spiro atoms. The first-order chi connectivity index (χ1) is 12.0. The van der Waals surface area contributed by atoms with Crippen LogP contribution < -0.4 is 5.32 Å². The highest BCUT2D eigenvalue weighted by Crippen LogP contribution is 2.10. The number of hydrogen-bond donors (Lipinski definition) is 1. The first-order valence-electron chi connectivity index (χ1n) is 7.79. The summed E-state index contributed by atoms with van der Waals surface area (Å²) < 4.78 is 10.1. The summed E-state index contributed by atoms with van der Waals surface area (Å²) in [7, 11) is 0. The second kappa shape index (κ2) is 9.22. The third kappa shape index (κ3) is 6.47. The molecule has 2 rings (SSSR count). The van der Waals surface area contributed by atoms with Gasteiger partial charge in [0, 0.05) is 12.6 Å². The molecule has 0 aliphatic carbocycles. The predicted molar refractivity (Wildman–Crippen MR) is 92.1 cm³/mol. The average molecular weight is 341 g/mol. The lowest BCUT2D eigenvalue weighted by molar-refractivity contribution is -0.143. The second-order valence-corrected chi connectivity index (χ2v) is 5.28. The van der Waals surface area contributed by atoms with E-state index >= 15 is 0 Å². The molecular weight excluding hydrogens is 322 g/mol. The number of carbonyl (C=O) groups excluding carboxylic acids is 3. The van der Waals surface area contributed by atoms with E-state index in [9.17, 15) is 14.4 Å². The van der Waals surface area contributed by atoms with Crippen LogP contribution in [-0.2, 0) is 25.5 Å². The molecule has 0 heterocycles. The number of hydrogen-bond acceptors (Lipinski definition) is 5. The van der Waals surface area contributed by atoms with E-state index in [4.69, 9.17) is 9.47 Å². The standard InChI is InChI=1S/C19H19NO5/c1-14(21)20-17-9-7-15(8-10-17)13-18(22)24-11-12-25-19(23)16-5-3-2-4-6-16/h2-10H,11-13H2,1H3,(H,20,21). The van der Waals surface area contributed by atoms with E-state index in [1.165, 1.54) is 6.92 Å². The van der Waals surface area contributed by atoms with Gasteiger partial charge in [-0.1, -0.05) is 30.3 Å². The molecule has 0 radical (unpaired) electrons.